The summed E-state index contributed by atoms with van der Waals surface area (Å²) < 4.78 is 18.1. The van der Waals surface area contributed by atoms with Crippen LogP contribution in [0.2, 0.25) is 0 Å². The van der Waals surface area contributed by atoms with E-state index in [-0.39, 0.29) is 24.0 Å². The van der Waals surface area contributed by atoms with Gasteiger partial charge in [-0.05, 0) is 43.5 Å². The predicted octanol–water partition coefficient (Wildman–Crippen LogP) is 3.88. The molecule has 46 heavy (non-hydrogen) atoms. The highest BCUT2D eigenvalue weighted by molar-refractivity contribution is 6.06. The molecular weight excluding hydrogens is 592 g/mol. The van der Waals surface area contributed by atoms with E-state index in [1.807, 2.05) is 0 Å². The molecule has 5 rings (SSSR count). The van der Waals surface area contributed by atoms with Gasteiger partial charge in [-0.15, -0.1) is 6.58 Å². The molecule has 3 aliphatic carbocycles. The molecule has 10 nitrogen and oxygen atoms in total. The Morgan fingerprint density at radius 2 is 1.35 bits per heavy atom. The monoisotopic (exact) mass is 632 g/mol. The lowest BCUT2D eigenvalue weighted by Gasteiger charge is -2.67. The average Bonchev–Trinajstić information content (AvgIpc) is 3.02. The molecule has 2 aromatic carbocycles. The molecule has 0 spiro atoms. The van der Waals surface area contributed by atoms with Gasteiger partial charge in [-0.1, -0.05) is 63.2 Å². The third-order valence-electron chi connectivity index (χ3n) is 10.6. The van der Waals surface area contributed by atoms with Gasteiger partial charge in [0.2, 0.25) is 0 Å². The highest BCUT2D eigenvalue weighted by atomic mass is 16.6. The van der Waals surface area contributed by atoms with Crippen LogP contribution in [0.5, 0.6) is 0 Å². The zero-order valence-electron chi connectivity index (χ0n) is 26.6. The number of aliphatic hydroxyl groups is 2. The fourth-order valence-electron chi connectivity index (χ4n) is 8.41. The van der Waals surface area contributed by atoms with Crippen LogP contribution in [0.15, 0.2) is 73.3 Å². The number of carbonyl (C=O) groups is 5. The molecule has 0 radical (unpaired) electrons. The third-order valence-corrected chi connectivity index (χ3v) is 10.6. The van der Waals surface area contributed by atoms with Crippen molar-refractivity contribution in [3.8, 4) is 0 Å². The summed E-state index contributed by atoms with van der Waals surface area (Å²) in [6, 6.07) is 16.2. The summed E-state index contributed by atoms with van der Waals surface area (Å²) in [6.45, 7) is 11.4. The maximum Gasteiger partial charge on any atom is 0.338 e. The standard InChI is InChI=1S/C36H40O10/c1-7-34(5)19-23(38)27-35(6)24(18-25(39)36(27,43)32(34)42)33(3,4)28(45-30(40)21-14-10-8-11-15-21)26(44-20(2)37)29(35)46-31(41)22-16-12-9-13-17-22/h7-17,24-29,39,43H,1,18-19H2,2-6H3/t24-,25+,26-,27+,28+,29-,34+,35-,36-/m0/s1. The highest BCUT2D eigenvalue weighted by Crippen LogP contribution is 2.66. The van der Waals surface area contributed by atoms with Crippen LogP contribution in [-0.4, -0.2) is 69.7 Å². The van der Waals surface area contributed by atoms with Crippen molar-refractivity contribution in [2.75, 3.05) is 0 Å². The van der Waals surface area contributed by atoms with E-state index in [1.54, 1.807) is 69.3 Å². The van der Waals surface area contributed by atoms with E-state index >= 15 is 0 Å². The predicted molar refractivity (Wildman–Crippen MR) is 164 cm³/mol. The summed E-state index contributed by atoms with van der Waals surface area (Å²) in [5.41, 5.74) is -6.43. The molecule has 10 heteroatoms. The smallest absolute Gasteiger partial charge is 0.338 e. The van der Waals surface area contributed by atoms with Crippen LogP contribution in [0.3, 0.4) is 0 Å². The van der Waals surface area contributed by atoms with Crippen LogP contribution >= 0.6 is 0 Å². The molecular formula is C36H40O10. The maximum atomic E-state index is 14.2. The lowest BCUT2D eigenvalue weighted by atomic mass is 9.39. The van der Waals surface area contributed by atoms with Crippen LogP contribution in [-0.2, 0) is 28.6 Å². The van der Waals surface area contributed by atoms with Gasteiger partial charge in [-0.2, -0.15) is 0 Å². The second-order valence-corrected chi connectivity index (χ2v) is 13.8. The number of ketones is 2. The van der Waals surface area contributed by atoms with Gasteiger partial charge in [0.05, 0.1) is 28.6 Å². The first-order chi connectivity index (χ1) is 21.5. The number of benzene rings is 2. The molecule has 0 unspecified atom stereocenters. The molecule has 0 bridgehead atoms. The Bertz CT molecular complexity index is 1570. The van der Waals surface area contributed by atoms with E-state index in [0.717, 1.165) is 6.92 Å². The van der Waals surface area contributed by atoms with Crippen molar-refractivity contribution < 1.29 is 48.4 Å². The van der Waals surface area contributed by atoms with Crippen LogP contribution in [0.1, 0.15) is 68.2 Å². The van der Waals surface area contributed by atoms with Crippen molar-refractivity contribution >= 4 is 29.5 Å². The first-order valence-electron chi connectivity index (χ1n) is 15.3. The van der Waals surface area contributed by atoms with E-state index in [0.29, 0.717) is 0 Å². The van der Waals surface area contributed by atoms with Gasteiger partial charge in [0.15, 0.2) is 17.5 Å². The van der Waals surface area contributed by atoms with Crippen molar-refractivity contribution in [2.24, 2.45) is 28.1 Å². The van der Waals surface area contributed by atoms with Gasteiger partial charge in [-0.25, -0.2) is 9.59 Å². The summed E-state index contributed by atoms with van der Waals surface area (Å²) in [5.74, 6) is -6.04. The van der Waals surface area contributed by atoms with Gasteiger partial charge in [-0.3, -0.25) is 14.4 Å². The van der Waals surface area contributed by atoms with Crippen molar-refractivity contribution in [1.29, 1.82) is 0 Å². The Hall–Kier alpha value is -4.15. The molecule has 0 saturated heterocycles. The number of hydrogen-bond acceptors (Lipinski definition) is 10. The fourth-order valence-corrected chi connectivity index (χ4v) is 8.41. The first kappa shape index (κ1) is 33.2. The Kier molecular flexibility index (Phi) is 8.36. The first-order valence-corrected chi connectivity index (χ1v) is 15.3. The lowest BCUT2D eigenvalue weighted by molar-refractivity contribution is -0.290. The molecule has 2 aromatic rings. The molecule has 0 amide bonds. The molecule has 2 N–H and O–H groups in total. The molecule has 9 atom stereocenters. The third kappa shape index (κ3) is 4.98. The second kappa shape index (κ2) is 11.6. The maximum absolute atomic E-state index is 14.2. The number of ether oxygens (including phenoxy) is 3. The van der Waals surface area contributed by atoms with Gasteiger partial charge in [0.1, 0.15) is 18.0 Å². The minimum absolute atomic E-state index is 0.156. The number of esters is 3. The number of carbonyl (C=O) groups excluding carboxylic acids is 5. The van der Waals surface area contributed by atoms with Crippen molar-refractivity contribution in [2.45, 2.75) is 77.5 Å². The molecule has 3 aliphatic rings. The fraction of sp³-hybridized carbons (Fsp3) is 0.472. The quantitative estimate of drug-likeness (QED) is 0.273. The van der Waals surface area contributed by atoms with Crippen LogP contribution < -0.4 is 0 Å². The van der Waals surface area contributed by atoms with Crippen LogP contribution in [0.25, 0.3) is 0 Å². The Morgan fingerprint density at radius 3 is 1.83 bits per heavy atom. The molecule has 3 fully saturated rings. The number of Topliss-reactive ketones (excluding diaryl/α,β-unsaturated/α-hetero) is 2. The van der Waals surface area contributed by atoms with Gasteiger partial charge in [0, 0.05) is 24.2 Å². The van der Waals surface area contributed by atoms with Gasteiger partial charge >= 0.3 is 17.9 Å². The summed E-state index contributed by atoms with van der Waals surface area (Å²) in [4.78, 5) is 68.2. The molecule has 0 heterocycles. The minimum atomic E-state index is -2.58. The Morgan fingerprint density at radius 1 is 0.848 bits per heavy atom. The average molecular weight is 633 g/mol. The number of allylic oxidation sites excluding steroid dienone is 1. The van der Waals surface area contributed by atoms with E-state index < -0.39 is 87.6 Å². The Balaban J connectivity index is 1.73. The summed E-state index contributed by atoms with van der Waals surface area (Å²) in [6.07, 6.45) is -5.18. The highest BCUT2D eigenvalue weighted by Gasteiger charge is 2.77. The van der Waals surface area contributed by atoms with Crippen molar-refractivity contribution in [3.63, 3.8) is 0 Å². The minimum Gasteiger partial charge on any atom is -0.455 e. The van der Waals surface area contributed by atoms with E-state index in [2.05, 4.69) is 6.58 Å². The zero-order valence-corrected chi connectivity index (χ0v) is 26.6. The van der Waals surface area contributed by atoms with E-state index in [4.69, 9.17) is 14.2 Å². The van der Waals surface area contributed by atoms with E-state index in [1.165, 1.54) is 25.1 Å². The molecule has 0 aliphatic heterocycles. The summed E-state index contributed by atoms with van der Waals surface area (Å²) >= 11 is 0. The van der Waals surface area contributed by atoms with Gasteiger partial charge in [0.25, 0.3) is 0 Å². The van der Waals surface area contributed by atoms with Crippen molar-refractivity contribution in [3.05, 3.63) is 84.4 Å². The SMILES string of the molecule is C=C[C@]1(C)CC(=O)[C@H]2[C@](O)(C1=O)[C@H](O)C[C@H]1C(C)(C)[C@H](OC(=O)c3ccccc3)[C@H](OC(C)=O)[C@H](OC(=O)c3ccccc3)[C@@]12C. The van der Waals surface area contributed by atoms with Crippen LogP contribution in [0, 0.1) is 28.1 Å². The van der Waals surface area contributed by atoms with Crippen molar-refractivity contribution in [1.82, 2.24) is 0 Å². The zero-order chi connectivity index (χ0) is 33.8. The normalized spacial score (nSPS) is 36.4. The Labute approximate surface area is 267 Å². The molecule has 0 aromatic heterocycles. The van der Waals surface area contributed by atoms with Crippen LogP contribution in [0.4, 0.5) is 0 Å². The number of aliphatic hydroxyl groups excluding tert-OH is 1. The summed E-state index contributed by atoms with van der Waals surface area (Å²) in [5, 5.41) is 23.8. The number of fused-ring (bicyclic) bond motifs is 3. The second-order valence-electron chi connectivity index (χ2n) is 13.8. The largest absolute Gasteiger partial charge is 0.455 e. The lowest BCUT2D eigenvalue weighted by Crippen LogP contribution is -2.79. The number of hydrogen-bond donors (Lipinski definition) is 2. The van der Waals surface area contributed by atoms with E-state index in [9.17, 15) is 34.2 Å². The van der Waals surface area contributed by atoms with Gasteiger partial charge < -0.3 is 24.4 Å². The topological polar surface area (TPSA) is 154 Å². The molecule has 244 valence electrons. The molecule has 3 saturated carbocycles. The summed E-state index contributed by atoms with van der Waals surface area (Å²) in [7, 11) is 0. The number of rotatable bonds is 6.